The van der Waals surface area contributed by atoms with Crippen molar-refractivity contribution in [2.75, 3.05) is 5.75 Å². The third kappa shape index (κ3) is 4.64. The van der Waals surface area contributed by atoms with Crippen LogP contribution in [0.25, 0.3) is 11.3 Å². The molecule has 0 aliphatic heterocycles. The lowest BCUT2D eigenvalue weighted by molar-refractivity contribution is 0.102. The van der Waals surface area contributed by atoms with Crippen LogP contribution in [0.2, 0.25) is 5.02 Å². The van der Waals surface area contributed by atoms with Gasteiger partial charge in [-0.05, 0) is 56.0 Å². The largest absolute Gasteiger partial charge is 0.293 e. The Morgan fingerprint density at radius 3 is 2.54 bits per heavy atom. The third-order valence-electron chi connectivity index (χ3n) is 7.20. The molecule has 4 nitrogen and oxygen atoms in total. The van der Waals surface area contributed by atoms with Gasteiger partial charge in [0.05, 0.1) is 17.0 Å². The zero-order chi connectivity index (χ0) is 24.6. The second-order valence-electron chi connectivity index (χ2n) is 9.86. The molecule has 1 heterocycles. The minimum absolute atomic E-state index is 0.0235. The van der Waals surface area contributed by atoms with Crippen molar-refractivity contribution in [1.82, 2.24) is 9.55 Å². The summed E-state index contributed by atoms with van der Waals surface area (Å²) in [7, 11) is 0. The lowest BCUT2D eigenvalue weighted by Gasteiger charge is -2.42. The molecule has 0 radical (unpaired) electrons. The van der Waals surface area contributed by atoms with Crippen molar-refractivity contribution in [3.8, 4) is 11.3 Å². The summed E-state index contributed by atoms with van der Waals surface area (Å²) < 4.78 is 1.74. The first-order chi connectivity index (χ1) is 16.9. The molecular weight excluding hydrogens is 476 g/mol. The highest BCUT2D eigenvalue weighted by atomic mass is 35.5. The second-order valence-corrected chi connectivity index (χ2v) is 11.2. The fourth-order valence-electron chi connectivity index (χ4n) is 5.59. The first kappa shape index (κ1) is 24.1. The van der Waals surface area contributed by atoms with Crippen LogP contribution in [-0.4, -0.2) is 21.1 Å². The van der Waals surface area contributed by atoms with Crippen molar-refractivity contribution >= 4 is 29.1 Å². The van der Waals surface area contributed by atoms with E-state index >= 15 is 0 Å². The molecule has 0 saturated heterocycles. The molecule has 0 N–H and O–H groups in total. The number of rotatable bonds is 6. The van der Waals surface area contributed by atoms with Gasteiger partial charge in [0, 0.05) is 28.1 Å². The second kappa shape index (κ2) is 9.79. The van der Waals surface area contributed by atoms with Crippen LogP contribution in [0.5, 0.6) is 0 Å². The minimum atomic E-state index is -0.162. The Hall–Kier alpha value is -2.63. The first-order valence-corrected chi connectivity index (χ1v) is 13.5. The maximum Gasteiger partial charge on any atom is 0.258 e. The SMILES string of the molecule is C=C(C)Cn1c(SCC(=O)c2ccc(Cl)cc2)nc2c(c1=O)C1(CCCCC1)Cc1ccccc1-2. The van der Waals surface area contributed by atoms with E-state index in [9.17, 15) is 9.59 Å². The Morgan fingerprint density at radius 2 is 1.83 bits per heavy atom. The van der Waals surface area contributed by atoms with Gasteiger partial charge >= 0.3 is 0 Å². The summed E-state index contributed by atoms with van der Waals surface area (Å²) in [5, 5.41) is 1.16. The van der Waals surface area contributed by atoms with Gasteiger partial charge in [0.1, 0.15) is 0 Å². The van der Waals surface area contributed by atoms with Gasteiger partial charge in [-0.1, -0.05) is 79.0 Å². The monoisotopic (exact) mass is 504 g/mol. The summed E-state index contributed by atoms with van der Waals surface area (Å²) in [5.74, 6) is 0.167. The van der Waals surface area contributed by atoms with Gasteiger partial charge in [0.2, 0.25) is 0 Å². The van der Waals surface area contributed by atoms with Crippen molar-refractivity contribution in [3.63, 3.8) is 0 Å². The Morgan fingerprint density at radius 1 is 1.11 bits per heavy atom. The molecule has 2 aliphatic carbocycles. The van der Waals surface area contributed by atoms with Crippen molar-refractivity contribution in [2.45, 2.75) is 62.6 Å². The smallest absolute Gasteiger partial charge is 0.258 e. The molecule has 5 rings (SSSR count). The predicted molar refractivity (Wildman–Crippen MR) is 144 cm³/mol. The highest BCUT2D eigenvalue weighted by Crippen LogP contribution is 2.48. The van der Waals surface area contributed by atoms with E-state index in [0.29, 0.717) is 22.3 Å². The lowest BCUT2D eigenvalue weighted by Crippen LogP contribution is -2.43. The Labute approximate surface area is 215 Å². The molecule has 1 fully saturated rings. The molecule has 1 saturated carbocycles. The average molecular weight is 505 g/mol. The summed E-state index contributed by atoms with van der Waals surface area (Å²) >= 11 is 7.29. The molecule has 2 aliphatic rings. The van der Waals surface area contributed by atoms with Gasteiger partial charge < -0.3 is 0 Å². The highest BCUT2D eigenvalue weighted by molar-refractivity contribution is 7.99. The number of benzene rings is 2. The van der Waals surface area contributed by atoms with E-state index in [1.54, 1.807) is 28.8 Å². The number of halogens is 1. The van der Waals surface area contributed by atoms with E-state index in [2.05, 4.69) is 24.8 Å². The Kier molecular flexibility index (Phi) is 6.73. The van der Waals surface area contributed by atoms with Crippen LogP contribution in [0.15, 0.2) is 70.6 Å². The van der Waals surface area contributed by atoms with Gasteiger partial charge in [-0.15, -0.1) is 0 Å². The molecule has 2 aromatic carbocycles. The van der Waals surface area contributed by atoms with Crippen LogP contribution in [0.3, 0.4) is 0 Å². The van der Waals surface area contributed by atoms with Crippen LogP contribution in [0.1, 0.15) is 60.5 Å². The number of nitrogens with zero attached hydrogens (tertiary/aromatic N) is 2. The highest BCUT2D eigenvalue weighted by Gasteiger charge is 2.43. The summed E-state index contributed by atoms with van der Waals surface area (Å²) in [4.78, 5) is 32.2. The molecule has 0 amide bonds. The average Bonchev–Trinajstić information content (AvgIpc) is 2.85. The summed E-state index contributed by atoms with van der Waals surface area (Å²) in [6.07, 6.45) is 6.40. The van der Waals surface area contributed by atoms with Crippen molar-refractivity contribution in [1.29, 1.82) is 0 Å². The number of thioether (sulfide) groups is 1. The number of hydrogen-bond acceptors (Lipinski definition) is 4. The number of aromatic nitrogens is 2. The predicted octanol–water partition coefficient (Wildman–Crippen LogP) is 6.87. The van der Waals surface area contributed by atoms with Gasteiger partial charge in [-0.25, -0.2) is 4.98 Å². The van der Waals surface area contributed by atoms with Crippen LogP contribution in [-0.2, 0) is 18.4 Å². The normalized spacial score (nSPS) is 15.9. The number of carbonyl (C=O) groups is 1. The van der Waals surface area contributed by atoms with E-state index in [-0.39, 0.29) is 22.5 Å². The Balaban J connectivity index is 1.61. The van der Waals surface area contributed by atoms with E-state index in [1.807, 2.05) is 13.0 Å². The molecule has 1 spiro atoms. The van der Waals surface area contributed by atoms with Gasteiger partial charge in [0.25, 0.3) is 5.56 Å². The fraction of sp³-hybridized carbons (Fsp3) is 0.345. The van der Waals surface area contributed by atoms with E-state index in [0.717, 1.165) is 54.5 Å². The van der Waals surface area contributed by atoms with Crippen molar-refractivity contribution in [2.24, 2.45) is 0 Å². The molecule has 0 unspecified atom stereocenters. The molecule has 0 atom stereocenters. The quantitative estimate of drug-likeness (QED) is 0.159. The van der Waals surface area contributed by atoms with Crippen LogP contribution < -0.4 is 5.56 Å². The van der Waals surface area contributed by atoms with Gasteiger partial charge in [0.15, 0.2) is 10.9 Å². The van der Waals surface area contributed by atoms with Crippen LogP contribution in [0, 0.1) is 0 Å². The van der Waals surface area contributed by atoms with E-state index in [1.165, 1.54) is 23.7 Å². The van der Waals surface area contributed by atoms with Crippen molar-refractivity contribution < 1.29 is 4.79 Å². The number of Topliss-reactive ketones (excluding diaryl/α,β-unsaturated/α-hetero) is 1. The number of hydrogen-bond donors (Lipinski definition) is 0. The van der Waals surface area contributed by atoms with Gasteiger partial charge in [-0.3, -0.25) is 14.2 Å². The maximum absolute atomic E-state index is 14.2. The maximum atomic E-state index is 14.2. The first-order valence-electron chi connectivity index (χ1n) is 12.2. The zero-order valence-electron chi connectivity index (χ0n) is 20.0. The number of fused-ring (bicyclic) bond motifs is 4. The summed E-state index contributed by atoms with van der Waals surface area (Å²) in [5.41, 5.74) is 5.32. The molecule has 1 aromatic heterocycles. The summed E-state index contributed by atoms with van der Waals surface area (Å²) in [6, 6.07) is 15.2. The standard InChI is InChI=1S/C29H29ClN2O2S/c1-19(2)17-32-27(34)25-26(31-28(32)35-18-24(33)20-10-12-22(30)13-11-20)23-9-5-4-8-21(23)16-29(25)14-6-3-7-15-29/h4-5,8-13H,1,3,6-7,14-18H2,2H3. The van der Waals surface area contributed by atoms with Crippen LogP contribution >= 0.6 is 23.4 Å². The van der Waals surface area contributed by atoms with E-state index < -0.39 is 0 Å². The summed E-state index contributed by atoms with van der Waals surface area (Å²) in [6.45, 7) is 6.38. The molecule has 0 bridgehead atoms. The Bertz CT molecular complexity index is 1350. The van der Waals surface area contributed by atoms with Gasteiger partial charge in [-0.2, -0.15) is 0 Å². The number of ketones is 1. The zero-order valence-corrected chi connectivity index (χ0v) is 21.6. The minimum Gasteiger partial charge on any atom is -0.293 e. The number of allylic oxidation sites excluding steroid dienone is 1. The fourth-order valence-corrected chi connectivity index (χ4v) is 6.60. The third-order valence-corrected chi connectivity index (χ3v) is 8.43. The molecule has 180 valence electrons. The lowest BCUT2D eigenvalue weighted by atomic mass is 9.62. The van der Waals surface area contributed by atoms with Crippen LogP contribution in [0.4, 0.5) is 0 Å². The molecule has 6 heteroatoms. The number of carbonyl (C=O) groups excluding carboxylic acids is 1. The molecular formula is C29H29ClN2O2S. The molecule has 35 heavy (non-hydrogen) atoms. The molecule has 3 aromatic rings. The van der Waals surface area contributed by atoms with Crippen molar-refractivity contribution in [3.05, 3.63) is 92.7 Å². The van der Waals surface area contributed by atoms with E-state index in [4.69, 9.17) is 16.6 Å². The topological polar surface area (TPSA) is 52.0 Å².